The van der Waals surface area contributed by atoms with Crippen LogP contribution in [-0.4, -0.2) is 54.4 Å². The van der Waals surface area contributed by atoms with Gasteiger partial charge < -0.3 is 15.7 Å². The number of benzene rings is 1. The lowest BCUT2D eigenvalue weighted by Gasteiger charge is -2.15. The lowest BCUT2D eigenvalue weighted by atomic mass is 10.1. The van der Waals surface area contributed by atoms with Crippen LogP contribution in [0, 0.1) is 11.6 Å². The zero-order chi connectivity index (χ0) is 23.1. The summed E-state index contributed by atoms with van der Waals surface area (Å²) >= 11 is 1.56. The Bertz CT molecular complexity index is 1350. The van der Waals surface area contributed by atoms with Gasteiger partial charge in [-0.3, -0.25) is 0 Å². The monoisotopic (exact) mass is 469 g/mol. The second-order valence-corrected chi connectivity index (χ2v) is 8.61. The van der Waals surface area contributed by atoms with E-state index in [0.29, 0.717) is 31.5 Å². The molecule has 1 amide bonds. The van der Waals surface area contributed by atoms with Crippen LogP contribution in [0.5, 0.6) is 0 Å². The Morgan fingerprint density at radius 3 is 2.82 bits per heavy atom. The van der Waals surface area contributed by atoms with Gasteiger partial charge in [0.2, 0.25) is 0 Å². The summed E-state index contributed by atoms with van der Waals surface area (Å²) in [5.41, 5.74) is 8.19. The van der Waals surface area contributed by atoms with E-state index in [-0.39, 0.29) is 17.3 Å². The summed E-state index contributed by atoms with van der Waals surface area (Å²) in [5.74, 6) is -1.83. The number of fused-ring (bicyclic) bond motifs is 1. The first-order valence-corrected chi connectivity index (χ1v) is 10.8. The third kappa shape index (κ3) is 3.78. The lowest BCUT2D eigenvalue weighted by molar-refractivity contribution is 0.147. The highest BCUT2D eigenvalue weighted by Gasteiger charge is 2.22. The molecule has 1 aliphatic heterocycles. The number of tetrazole rings is 1. The van der Waals surface area contributed by atoms with Crippen molar-refractivity contribution in [3.63, 3.8) is 0 Å². The van der Waals surface area contributed by atoms with E-state index < -0.39 is 17.7 Å². The largest absolute Gasteiger partial charge is 0.465 e. The summed E-state index contributed by atoms with van der Waals surface area (Å²) in [6.07, 6.45) is 1.98. The number of rotatable bonds is 3. The van der Waals surface area contributed by atoms with Gasteiger partial charge in [-0.1, -0.05) is 6.07 Å². The Labute approximate surface area is 190 Å². The third-order valence-electron chi connectivity index (χ3n) is 5.50. The molecule has 0 unspecified atom stereocenters. The molecule has 4 aromatic rings. The minimum atomic E-state index is -1.08. The van der Waals surface area contributed by atoms with Crippen molar-refractivity contribution in [3.05, 3.63) is 58.6 Å². The summed E-state index contributed by atoms with van der Waals surface area (Å²) in [7, 11) is 0. The van der Waals surface area contributed by atoms with E-state index in [1.54, 1.807) is 23.6 Å². The second kappa shape index (κ2) is 8.20. The van der Waals surface area contributed by atoms with E-state index in [1.165, 1.54) is 17.0 Å². The average molecular weight is 469 g/mol. The summed E-state index contributed by atoms with van der Waals surface area (Å²) in [5, 5.41) is 20.6. The van der Waals surface area contributed by atoms with Crippen molar-refractivity contribution in [1.82, 2.24) is 30.1 Å². The normalized spacial score (nSPS) is 13.6. The van der Waals surface area contributed by atoms with E-state index in [9.17, 15) is 18.7 Å². The number of hydrogen-bond donors (Lipinski definition) is 2. The zero-order valence-electron chi connectivity index (χ0n) is 17.1. The quantitative estimate of drug-likeness (QED) is 0.471. The molecule has 0 fully saturated rings. The molecule has 0 saturated heterocycles. The molecule has 1 aliphatic rings. The molecular weight excluding hydrogens is 452 g/mol. The van der Waals surface area contributed by atoms with Crippen LogP contribution in [0.15, 0.2) is 36.5 Å². The maximum Gasteiger partial charge on any atom is 0.407 e. The van der Waals surface area contributed by atoms with Crippen molar-refractivity contribution in [2.45, 2.75) is 12.8 Å². The van der Waals surface area contributed by atoms with Crippen LogP contribution in [0.25, 0.3) is 27.5 Å². The predicted molar refractivity (Wildman–Crippen MR) is 117 cm³/mol. The molecule has 5 rings (SSSR count). The molecule has 4 heterocycles. The molecule has 0 radical (unpaired) electrons. The van der Waals surface area contributed by atoms with Crippen LogP contribution < -0.4 is 5.73 Å². The molecule has 0 spiro atoms. The van der Waals surface area contributed by atoms with E-state index in [0.717, 1.165) is 31.6 Å². The summed E-state index contributed by atoms with van der Waals surface area (Å²) in [6, 6.07) is 7.52. The molecular formula is C21H17F2N7O2S. The van der Waals surface area contributed by atoms with Crippen molar-refractivity contribution in [2.75, 3.05) is 18.8 Å². The SMILES string of the molecule is Nc1ncc(-c2cc3c(s2)CCN(C(=O)O)CC3)cc1-c1nnnn1-c1cccc(F)c1F. The number of carbonyl (C=O) groups is 1. The van der Waals surface area contributed by atoms with Crippen LogP contribution in [0.1, 0.15) is 10.4 Å². The number of anilines is 1. The van der Waals surface area contributed by atoms with Crippen LogP contribution in [0.4, 0.5) is 19.4 Å². The number of pyridine rings is 1. The van der Waals surface area contributed by atoms with Crippen molar-refractivity contribution < 1.29 is 18.7 Å². The van der Waals surface area contributed by atoms with E-state index in [4.69, 9.17) is 5.73 Å². The maximum atomic E-state index is 14.4. The second-order valence-electron chi connectivity index (χ2n) is 7.47. The van der Waals surface area contributed by atoms with Gasteiger partial charge in [0.1, 0.15) is 11.5 Å². The van der Waals surface area contributed by atoms with Gasteiger partial charge in [-0.2, -0.15) is 4.68 Å². The first-order valence-electron chi connectivity index (χ1n) is 10.0. The fraction of sp³-hybridized carbons (Fsp3) is 0.190. The summed E-state index contributed by atoms with van der Waals surface area (Å²) in [6.45, 7) is 0.888. The van der Waals surface area contributed by atoms with Gasteiger partial charge in [0.25, 0.3) is 0 Å². The van der Waals surface area contributed by atoms with E-state index in [1.807, 2.05) is 6.07 Å². The van der Waals surface area contributed by atoms with Crippen LogP contribution >= 0.6 is 11.3 Å². The Balaban J connectivity index is 1.52. The minimum Gasteiger partial charge on any atom is -0.465 e. The molecule has 168 valence electrons. The number of carboxylic acid groups (broad SMARTS) is 1. The fourth-order valence-electron chi connectivity index (χ4n) is 3.79. The Morgan fingerprint density at radius 2 is 2.00 bits per heavy atom. The molecule has 1 aromatic carbocycles. The smallest absolute Gasteiger partial charge is 0.407 e. The summed E-state index contributed by atoms with van der Waals surface area (Å²) in [4.78, 5) is 19.0. The summed E-state index contributed by atoms with van der Waals surface area (Å²) < 4.78 is 29.2. The van der Waals surface area contributed by atoms with Crippen molar-refractivity contribution in [3.8, 4) is 27.5 Å². The first kappa shape index (κ1) is 20.9. The third-order valence-corrected chi connectivity index (χ3v) is 6.79. The van der Waals surface area contributed by atoms with Gasteiger partial charge in [0, 0.05) is 34.6 Å². The molecule has 3 aromatic heterocycles. The number of aromatic nitrogens is 5. The van der Waals surface area contributed by atoms with E-state index in [2.05, 4.69) is 20.5 Å². The molecule has 0 saturated carbocycles. The lowest BCUT2D eigenvalue weighted by Crippen LogP contribution is -2.31. The van der Waals surface area contributed by atoms with Crippen LogP contribution in [0.2, 0.25) is 0 Å². The molecule has 33 heavy (non-hydrogen) atoms. The fourth-order valence-corrected chi connectivity index (χ4v) is 4.97. The van der Waals surface area contributed by atoms with Gasteiger partial charge >= 0.3 is 6.09 Å². The zero-order valence-corrected chi connectivity index (χ0v) is 17.9. The van der Waals surface area contributed by atoms with Gasteiger partial charge in [-0.05, 0) is 53.1 Å². The van der Waals surface area contributed by atoms with Crippen molar-refractivity contribution in [1.29, 1.82) is 0 Å². The number of halogens is 2. The Morgan fingerprint density at radius 1 is 1.18 bits per heavy atom. The van der Waals surface area contributed by atoms with Gasteiger partial charge in [0.05, 0.1) is 5.56 Å². The van der Waals surface area contributed by atoms with E-state index >= 15 is 0 Å². The molecule has 0 atom stereocenters. The van der Waals surface area contributed by atoms with Crippen molar-refractivity contribution >= 4 is 23.2 Å². The maximum absolute atomic E-state index is 14.4. The predicted octanol–water partition coefficient (Wildman–Crippen LogP) is 3.39. The highest BCUT2D eigenvalue weighted by molar-refractivity contribution is 7.15. The number of thiophene rings is 1. The molecule has 12 heteroatoms. The Kier molecular flexibility index (Phi) is 5.21. The van der Waals surface area contributed by atoms with Gasteiger partial charge in [-0.25, -0.2) is 18.6 Å². The minimum absolute atomic E-state index is 0.126. The first-order chi connectivity index (χ1) is 15.9. The van der Waals surface area contributed by atoms with Gasteiger partial charge in [-0.15, -0.1) is 16.4 Å². The topological polar surface area (TPSA) is 123 Å². The molecule has 0 bridgehead atoms. The average Bonchev–Trinajstić information content (AvgIpc) is 3.39. The number of amides is 1. The molecule has 9 nitrogen and oxygen atoms in total. The number of hydrogen-bond acceptors (Lipinski definition) is 7. The molecule has 0 aliphatic carbocycles. The highest BCUT2D eigenvalue weighted by atomic mass is 32.1. The number of nitrogens with zero attached hydrogens (tertiary/aromatic N) is 6. The van der Waals surface area contributed by atoms with Crippen LogP contribution in [0.3, 0.4) is 0 Å². The number of nitrogens with two attached hydrogens (primary N) is 1. The Hall–Kier alpha value is -3.93. The van der Waals surface area contributed by atoms with Crippen LogP contribution in [-0.2, 0) is 12.8 Å². The number of nitrogen functional groups attached to an aromatic ring is 1. The van der Waals surface area contributed by atoms with Gasteiger partial charge in [0.15, 0.2) is 17.5 Å². The standard InChI is InChI=1S/C21H17F2N7O2S/c22-14-2-1-3-15(18(14)23)30-20(26-27-28-30)13-8-12(10-25-19(13)24)17-9-11-4-6-29(21(31)32)7-5-16(11)33-17/h1-3,8-10H,4-7H2,(H2,24,25)(H,31,32). The van der Waals surface area contributed by atoms with Crippen molar-refractivity contribution in [2.24, 2.45) is 0 Å². The highest BCUT2D eigenvalue weighted by Crippen LogP contribution is 2.36. The molecule has 3 N–H and O–H groups in total.